The molecule has 0 unspecified atom stereocenters. The van der Waals surface area contributed by atoms with Gasteiger partial charge in [0.25, 0.3) is 10.0 Å². The molecule has 0 aliphatic heterocycles. The minimum absolute atomic E-state index is 0.200. The lowest BCUT2D eigenvalue weighted by molar-refractivity contribution is 0.183. The normalized spacial score (nSPS) is 11.3. The van der Waals surface area contributed by atoms with Gasteiger partial charge < -0.3 is 10.1 Å². The highest BCUT2D eigenvalue weighted by Crippen LogP contribution is 2.17. The lowest BCUT2D eigenvalue weighted by atomic mass is 10.3. The molecule has 0 fully saturated rings. The first kappa shape index (κ1) is 15.3. The van der Waals surface area contributed by atoms with E-state index in [-0.39, 0.29) is 4.90 Å². The molecule has 0 spiro atoms. The van der Waals surface area contributed by atoms with Gasteiger partial charge in [0.15, 0.2) is 0 Å². The quantitative estimate of drug-likeness (QED) is 0.807. The minimum Gasteiger partial charge on any atom is -0.388 e. The molecule has 0 bridgehead atoms. The Balaban J connectivity index is 2.10. The van der Waals surface area contributed by atoms with Crippen LogP contribution in [0.3, 0.4) is 0 Å². The van der Waals surface area contributed by atoms with Gasteiger partial charge in [0.05, 0.1) is 29.9 Å². The van der Waals surface area contributed by atoms with Crippen molar-refractivity contribution in [2.45, 2.75) is 11.4 Å². The van der Waals surface area contributed by atoms with Gasteiger partial charge in [0.1, 0.15) is 0 Å². The monoisotopic (exact) mass is 310 g/mol. The summed E-state index contributed by atoms with van der Waals surface area (Å²) in [5, 5.41) is 7.00. The van der Waals surface area contributed by atoms with Crippen molar-refractivity contribution in [3.63, 3.8) is 0 Å². The molecule has 2 aromatic rings. The van der Waals surface area contributed by atoms with Gasteiger partial charge in [-0.1, -0.05) is 0 Å². The Morgan fingerprint density at radius 2 is 1.95 bits per heavy atom. The predicted molar refractivity (Wildman–Crippen MR) is 80.9 cm³/mol. The summed E-state index contributed by atoms with van der Waals surface area (Å²) < 4.78 is 33.5. The van der Waals surface area contributed by atoms with Crippen molar-refractivity contribution < 1.29 is 13.2 Å². The molecule has 0 aliphatic carbocycles. The third-order valence-electron chi connectivity index (χ3n) is 2.86. The molecule has 0 radical (unpaired) electrons. The van der Waals surface area contributed by atoms with Crippen LogP contribution in [0.25, 0.3) is 0 Å². The Bertz CT molecular complexity index is 680. The summed E-state index contributed by atoms with van der Waals surface area (Å²) in [5.74, 6) is 0. The number of rotatable bonds is 7. The summed E-state index contributed by atoms with van der Waals surface area (Å²) in [6.07, 6.45) is 3.09. The van der Waals surface area contributed by atoms with Crippen LogP contribution in [0, 0.1) is 0 Å². The molecular formula is C13H18N4O3S. The first-order chi connectivity index (χ1) is 10.0. The molecule has 0 saturated heterocycles. The Hall–Kier alpha value is -2.06. The fourth-order valence-electron chi connectivity index (χ4n) is 1.74. The lowest BCUT2D eigenvalue weighted by Crippen LogP contribution is -2.12. The van der Waals surface area contributed by atoms with E-state index in [1.54, 1.807) is 49.3 Å². The summed E-state index contributed by atoms with van der Waals surface area (Å²) in [6.45, 7) is 1.08. The Morgan fingerprint density at radius 1 is 1.24 bits per heavy atom. The van der Waals surface area contributed by atoms with Gasteiger partial charge in [-0.25, -0.2) is 8.42 Å². The molecule has 1 aromatic carbocycles. The number of sulfonamides is 1. The molecule has 21 heavy (non-hydrogen) atoms. The van der Waals surface area contributed by atoms with E-state index in [1.807, 2.05) is 0 Å². The summed E-state index contributed by atoms with van der Waals surface area (Å²) in [4.78, 5) is 0.200. The van der Waals surface area contributed by atoms with E-state index >= 15 is 0 Å². The third-order valence-corrected chi connectivity index (χ3v) is 4.26. The zero-order valence-electron chi connectivity index (χ0n) is 11.9. The van der Waals surface area contributed by atoms with E-state index in [0.717, 1.165) is 5.69 Å². The van der Waals surface area contributed by atoms with Gasteiger partial charge >= 0.3 is 0 Å². The molecule has 1 heterocycles. The number of hydrogen-bond acceptors (Lipinski definition) is 5. The number of methoxy groups -OCH3 is 1. The number of benzene rings is 1. The van der Waals surface area contributed by atoms with Crippen molar-refractivity contribution in [3.05, 3.63) is 36.7 Å². The van der Waals surface area contributed by atoms with E-state index in [2.05, 4.69) is 15.1 Å². The average Bonchev–Trinajstić information content (AvgIpc) is 2.92. The van der Waals surface area contributed by atoms with Crippen molar-refractivity contribution in [2.75, 3.05) is 30.8 Å². The maximum atomic E-state index is 12.2. The summed E-state index contributed by atoms with van der Waals surface area (Å²) in [6, 6.07) is 6.50. The molecule has 0 aliphatic rings. The zero-order valence-corrected chi connectivity index (χ0v) is 12.7. The Kier molecular flexibility index (Phi) is 4.81. The fraction of sp³-hybridized carbons (Fsp3) is 0.308. The van der Waals surface area contributed by atoms with Gasteiger partial charge in [-0.15, -0.1) is 0 Å². The fourth-order valence-corrected chi connectivity index (χ4v) is 2.77. The molecule has 2 rings (SSSR count). The van der Waals surface area contributed by atoms with Crippen LogP contribution in [0.4, 0.5) is 11.4 Å². The smallest absolute Gasteiger partial charge is 0.261 e. The highest BCUT2D eigenvalue weighted by atomic mass is 32.2. The molecular weight excluding hydrogens is 292 g/mol. The maximum Gasteiger partial charge on any atom is 0.261 e. The number of aromatic nitrogens is 2. The highest BCUT2D eigenvalue weighted by molar-refractivity contribution is 7.92. The van der Waals surface area contributed by atoms with Gasteiger partial charge in [-0.05, 0) is 24.3 Å². The summed E-state index contributed by atoms with van der Waals surface area (Å²) in [7, 11) is -0.235. The topological polar surface area (TPSA) is 85.3 Å². The van der Waals surface area contributed by atoms with Crippen LogP contribution in [0.15, 0.2) is 41.6 Å². The predicted octanol–water partition coefficient (Wildman–Crippen LogP) is 1.37. The van der Waals surface area contributed by atoms with E-state index in [4.69, 9.17) is 4.74 Å². The van der Waals surface area contributed by atoms with Crippen LogP contribution < -0.4 is 10.0 Å². The number of ether oxygens (including phenoxy) is 1. The van der Waals surface area contributed by atoms with Crippen LogP contribution in [-0.2, 0) is 21.3 Å². The van der Waals surface area contributed by atoms with E-state index in [0.29, 0.717) is 18.8 Å². The lowest BCUT2D eigenvalue weighted by Gasteiger charge is -2.07. The maximum absolute atomic E-state index is 12.2. The third kappa shape index (κ3) is 3.96. The van der Waals surface area contributed by atoms with Gasteiger partial charge in [0, 0.05) is 26.0 Å². The van der Waals surface area contributed by atoms with Crippen molar-refractivity contribution >= 4 is 21.4 Å². The highest BCUT2D eigenvalue weighted by Gasteiger charge is 2.14. The van der Waals surface area contributed by atoms with Gasteiger partial charge in [-0.2, -0.15) is 5.10 Å². The molecule has 0 amide bonds. The molecule has 0 atom stereocenters. The van der Waals surface area contributed by atoms with Gasteiger partial charge in [0.2, 0.25) is 0 Å². The van der Waals surface area contributed by atoms with Crippen molar-refractivity contribution in [3.8, 4) is 0 Å². The van der Waals surface area contributed by atoms with E-state index in [1.165, 1.54) is 6.20 Å². The first-order valence-electron chi connectivity index (χ1n) is 6.37. The van der Waals surface area contributed by atoms with Gasteiger partial charge in [-0.3, -0.25) is 9.40 Å². The second-order valence-electron chi connectivity index (χ2n) is 4.36. The molecule has 8 heteroatoms. The SMILES string of the molecule is CNc1ccc(S(=O)(=O)Nc2cnn(CCOC)c2)cc1. The Labute approximate surface area is 124 Å². The number of hydrogen-bond donors (Lipinski definition) is 2. The van der Waals surface area contributed by atoms with E-state index in [9.17, 15) is 8.42 Å². The molecule has 7 nitrogen and oxygen atoms in total. The van der Waals surface area contributed by atoms with Crippen LogP contribution in [0.2, 0.25) is 0 Å². The molecule has 1 aromatic heterocycles. The largest absolute Gasteiger partial charge is 0.388 e. The molecule has 114 valence electrons. The van der Waals surface area contributed by atoms with Crippen molar-refractivity contribution in [2.24, 2.45) is 0 Å². The molecule has 2 N–H and O–H groups in total. The average molecular weight is 310 g/mol. The van der Waals surface area contributed by atoms with Crippen LogP contribution in [0.5, 0.6) is 0 Å². The van der Waals surface area contributed by atoms with Crippen LogP contribution in [-0.4, -0.2) is 39.0 Å². The van der Waals surface area contributed by atoms with Crippen LogP contribution >= 0.6 is 0 Å². The number of anilines is 2. The minimum atomic E-state index is -3.61. The summed E-state index contributed by atoms with van der Waals surface area (Å²) in [5.41, 5.74) is 1.27. The number of nitrogens with zero attached hydrogens (tertiary/aromatic N) is 2. The summed E-state index contributed by atoms with van der Waals surface area (Å²) >= 11 is 0. The first-order valence-corrected chi connectivity index (χ1v) is 7.85. The number of nitrogens with one attached hydrogen (secondary N) is 2. The van der Waals surface area contributed by atoms with Crippen molar-refractivity contribution in [1.29, 1.82) is 0 Å². The van der Waals surface area contributed by atoms with E-state index < -0.39 is 10.0 Å². The van der Waals surface area contributed by atoms with Crippen LogP contribution in [0.1, 0.15) is 0 Å². The second kappa shape index (κ2) is 6.59. The Morgan fingerprint density at radius 3 is 2.57 bits per heavy atom. The molecule has 0 saturated carbocycles. The second-order valence-corrected chi connectivity index (χ2v) is 6.05. The van der Waals surface area contributed by atoms with Crippen molar-refractivity contribution in [1.82, 2.24) is 9.78 Å². The standard InChI is InChI=1S/C13H18N4O3S/c1-14-11-3-5-13(6-4-11)21(18,19)16-12-9-15-17(10-12)7-8-20-2/h3-6,9-10,14,16H,7-8H2,1-2H3. The zero-order chi connectivity index (χ0) is 15.3.